The highest BCUT2D eigenvalue weighted by molar-refractivity contribution is 5.28. The summed E-state index contributed by atoms with van der Waals surface area (Å²) in [5.41, 5.74) is 2.17. The third kappa shape index (κ3) is 3.59. The van der Waals surface area contributed by atoms with E-state index in [2.05, 4.69) is 22.0 Å². The molecule has 2 aromatic rings. The van der Waals surface area contributed by atoms with Crippen molar-refractivity contribution in [2.75, 3.05) is 26.3 Å². The molecular formula is C19H22N2O3. The Labute approximate surface area is 142 Å². The van der Waals surface area contributed by atoms with Gasteiger partial charge in [0.25, 0.3) is 0 Å². The molecule has 2 saturated heterocycles. The lowest BCUT2D eigenvalue weighted by Crippen LogP contribution is -2.34. The zero-order valence-electron chi connectivity index (χ0n) is 13.7. The number of likely N-dealkylation sites (tertiary alicyclic amines) is 1. The monoisotopic (exact) mass is 326 g/mol. The van der Waals surface area contributed by atoms with Crippen LogP contribution in [0.5, 0.6) is 5.75 Å². The molecule has 1 aromatic heterocycles. The lowest BCUT2D eigenvalue weighted by Gasteiger charge is -2.22. The second-order valence-electron chi connectivity index (χ2n) is 6.33. The first-order valence-electron chi connectivity index (χ1n) is 8.43. The van der Waals surface area contributed by atoms with E-state index in [1.54, 1.807) is 6.20 Å². The Balaban J connectivity index is 1.35. The van der Waals surface area contributed by atoms with Gasteiger partial charge in [0.2, 0.25) is 0 Å². The molecule has 0 saturated carbocycles. The molecule has 0 atom stereocenters. The second kappa shape index (κ2) is 6.89. The van der Waals surface area contributed by atoms with E-state index in [0.717, 1.165) is 37.5 Å². The summed E-state index contributed by atoms with van der Waals surface area (Å²) >= 11 is 0. The predicted octanol–water partition coefficient (Wildman–Crippen LogP) is 2.61. The van der Waals surface area contributed by atoms with Gasteiger partial charge in [0.05, 0.1) is 25.5 Å². The zero-order chi connectivity index (χ0) is 16.2. The SMILES string of the molecule is c1ccc(COc2cccc(CN3CCC4(C3)OCCO4)c2)nc1. The molecule has 1 spiro atoms. The molecule has 2 aliphatic heterocycles. The third-order valence-electron chi connectivity index (χ3n) is 4.50. The smallest absolute Gasteiger partial charge is 0.182 e. The third-order valence-corrected chi connectivity index (χ3v) is 4.50. The topological polar surface area (TPSA) is 43.8 Å². The molecule has 2 fully saturated rings. The molecule has 0 unspecified atom stereocenters. The molecule has 0 bridgehead atoms. The van der Waals surface area contributed by atoms with Crippen LogP contribution in [0, 0.1) is 0 Å². The molecule has 0 amide bonds. The molecule has 4 rings (SSSR count). The molecule has 0 N–H and O–H groups in total. The van der Waals surface area contributed by atoms with Gasteiger partial charge in [-0.25, -0.2) is 0 Å². The van der Waals surface area contributed by atoms with Crippen molar-refractivity contribution in [1.29, 1.82) is 0 Å². The molecule has 1 aromatic carbocycles. The van der Waals surface area contributed by atoms with Gasteiger partial charge in [-0.05, 0) is 29.8 Å². The minimum atomic E-state index is -0.354. The Morgan fingerprint density at radius 1 is 1.12 bits per heavy atom. The molecule has 24 heavy (non-hydrogen) atoms. The van der Waals surface area contributed by atoms with Gasteiger partial charge >= 0.3 is 0 Å². The van der Waals surface area contributed by atoms with Crippen LogP contribution in [0.15, 0.2) is 48.7 Å². The van der Waals surface area contributed by atoms with Crippen LogP contribution < -0.4 is 4.74 Å². The lowest BCUT2D eigenvalue weighted by atomic mass is 10.2. The van der Waals surface area contributed by atoms with Crippen molar-refractivity contribution in [1.82, 2.24) is 9.88 Å². The quantitative estimate of drug-likeness (QED) is 0.845. The Hall–Kier alpha value is -1.95. The number of benzene rings is 1. The van der Waals surface area contributed by atoms with Crippen molar-refractivity contribution in [3.63, 3.8) is 0 Å². The molecule has 5 nitrogen and oxygen atoms in total. The Morgan fingerprint density at radius 2 is 2.04 bits per heavy atom. The minimum Gasteiger partial charge on any atom is -0.487 e. The van der Waals surface area contributed by atoms with Gasteiger partial charge in [-0.1, -0.05) is 18.2 Å². The van der Waals surface area contributed by atoms with Crippen LogP contribution in [0.4, 0.5) is 0 Å². The van der Waals surface area contributed by atoms with Crippen LogP contribution >= 0.6 is 0 Å². The number of nitrogens with zero attached hydrogens (tertiary/aromatic N) is 2. The van der Waals surface area contributed by atoms with Gasteiger partial charge in [-0.3, -0.25) is 9.88 Å². The van der Waals surface area contributed by atoms with E-state index in [0.29, 0.717) is 19.8 Å². The van der Waals surface area contributed by atoms with Crippen LogP contribution in [-0.4, -0.2) is 42.0 Å². The van der Waals surface area contributed by atoms with E-state index >= 15 is 0 Å². The van der Waals surface area contributed by atoms with Crippen molar-refractivity contribution in [2.45, 2.75) is 25.4 Å². The van der Waals surface area contributed by atoms with Crippen LogP contribution in [0.1, 0.15) is 17.7 Å². The van der Waals surface area contributed by atoms with E-state index < -0.39 is 0 Å². The number of ether oxygens (including phenoxy) is 3. The summed E-state index contributed by atoms with van der Waals surface area (Å²) in [7, 11) is 0. The minimum absolute atomic E-state index is 0.354. The van der Waals surface area contributed by atoms with Crippen LogP contribution in [0.2, 0.25) is 0 Å². The Morgan fingerprint density at radius 3 is 2.88 bits per heavy atom. The zero-order valence-corrected chi connectivity index (χ0v) is 13.7. The van der Waals surface area contributed by atoms with Gasteiger partial charge < -0.3 is 14.2 Å². The maximum absolute atomic E-state index is 5.86. The van der Waals surface area contributed by atoms with Crippen molar-refractivity contribution < 1.29 is 14.2 Å². The normalized spacial score (nSPS) is 19.8. The van der Waals surface area contributed by atoms with Crippen LogP contribution in [0.25, 0.3) is 0 Å². The van der Waals surface area contributed by atoms with Gasteiger partial charge in [-0.2, -0.15) is 0 Å². The highest BCUT2D eigenvalue weighted by atomic mass is 16.7. The summed E-state index contributed by atoms with van der Waals surface area (Å²) in [5.74, 6) is 0.521. The molecule has 126 valence electrons. The molecule has 2 aliphatic rings. The van der Waals surface area contributed by atoms with E-state index in [-0.39, 0.29) is 5.79 Å². The number of hydrogen-bond acceptors (Lipinski definition) is 5. The first kappa shape index (κ1) is 15.6. The molecule has 3 heterocycles. The maximum atomic E-state index is 5.86. The van der Waals surface area contributed by atoms with Gasteiger partial charge in [0.15, 0.2) is 5.79 Å². The fourth-order valence-electron chi connectivity index (χ4n) is 3.33. The van der Waals surface area contributed by atoms with Crippen LogP contribution in [0.3, 0.4) is 0 Å². The Kier molecular flexibility index (Phi) is 4.47. The summed E-state index contributed by atoms with van der Waals surface area (Å²) in [6.45, 7) is 4.63. The standard InChI is InChI=1S/C19H22N2O3/c1-2-8-20-17(5-1)14-22-18-6-3-4-16(12-18)13-21-9-7-19(15-21)23-10-11-24-19/h1-6,8,12H,7,9-11,13-15H2. The number of pyridine rings is 1. The van der Waals surface area contributed by atoms with Gasteiger partial charge in [0.1, 0.15) is 12.4 Å². The molecule has 5 heteroatoms. The van der Waals surface area contributed by atoms with E-state index in [1.165, 1.54) is 5.56 Å². The van der Waals surface area contributed by atoms with E-state index in [1.807, 2.05) is 30.3 Å². The van der Waals surface area contributed by atoms with Crippen molar-refractivity contribution in [2.24, 2.45) is 0 Å². The number of aromatic nitrogens is 1. The largest absolute Gasteiger partial charge is 0.487 e. The number of rotatable bonds is 5. The van der Waals surface area contributed by atoms with Gasteiger partial charge in [0, 0.05) is 25.7 Å². The molecule has 0 aliphatic carbocycles. The highest BCUT2D eigenvalue weighted by Gasteiger charge is 2.42. The van der Waals surface area contributed by atoms with E-state index in [4.69, 9.17) is 14.2 Å². The molecule has 0 radical (unpaired) electrons. The Bertz CT molecular complexity index is 671. The van der Waals surface area contributed by atoms with Crippen molar-refractivity contribution in [3.8, 4) is 5.75 Å². The summed E-state index contributed by atoms with van der Waals surface area (Å²) in [5, 5.41) is 0. The summed E-state index contributed by atoms with van der Waals surface area (Å²) in [4.78, 5) is 6.66. The molecular weight excluding hydrogens is 304 g/mol. The highest BCUT2D eigenvalue weighted by Crippen LogP contribution is 2.31. The fourth-order valence-corrected chi connectivity index (χ4v) is 3.33. The van der Waals surface area contributed by atoms with Crippen molar-refractivity contribution in [3.05, 3.63) is 59.9 Å². The maximum Gasteiger partial charge on any atom is 0.182 e. The fraction of sp³-hybridized carbons (Fsp3) is 0.421. The summed E-state index contributed by atoms with van der Waals surface area (Å²) < 4.78 is 17.4. The van der Waals surface area contributed by atoms with E-state index in [9.17, 15) is 0 Å². The predicted molar refractivity (Wildman–Crippen MR) is 89.5 cm³/mol. The number of hydrogen-bond donors (Lipinski definition) is 0. The lowest BCUT2D eigenvalue weighted by molar-refractivity contribution is -0.145. The summed E-state index contributed by atoms with van der Waals surface area (Å²) in [6, 6.07) is 14.1. The average Bonchev–Trinajstić information content (AvgIpc) is 3.24. The van der Waals surface area contributed by atoms with Crippen LogP contribution in [-0.2, 0) is 22.6 Å². The summed E-state index contributed by atoms with van der Waals surface area (Å²) in [6.07, 6.45) is 2.73. The second-order valence-corrected chi connectivity index (χ2v) is 6.33. The first-order chi connectivity index (χ1) is 11.8. The average molecular weight is 326 g/mol. The first-order valence-corrected chi connectivity index (χ1v) is 8.43. The van der Waals surface area contributed by atoms with Crippen molar-refractivity contribution >= 4 is 0 Å². The van der Waals surface area contributed by atoms with Gasteiger partial charge in [-0.15, -0.1) is 0 Å².